The molecule has 0 rings (SSSR count). The Labute approximate surface area is 284 Å². The Bertz CT molecular complexity index is 478. The van der Waals surface area contributed by atoms with Gasteiger partial charge in [-0.1, -0.05) is 6.92 Å². The van der Waals surface area contributed by atoms with Crippen molar-refractivity contribution in [3.8, 4) is 0 Å². The second kappa shape index (κ2) is 44.5. The summed E-state index contributed by atoms with van der Waals surface area (Å²) in [6, 6.07) is 0.291. The Kier molecular flexibility index (Phi) is 48.2. The van der Waals surface area contributed by atoms with Crippen molar-refractivity contribution in [3.63, 3.8) is 0 Å². The van der Waals surface area contributed by atoms with E-state index in [4.69, 9.17) is 23.7 Å². The van der Waals surface area contributed by atoms with Gasteiger partial charge in [-0.3, -0.25) is 0 Å². The number of hydrogen-bond acceptors (Lipinski definition) is 13. The maximum atomic E-state index is 5.86. The van der Waals surface area contributed by atoms with E-state index >= 15 is 0 Å². The van der Waals surface area contributed by atoms with Gasteiger partial charge in [0.2, 0.25) is 0 Å². The highest BCUT2D eigenvalue weighted by Crippen LogP contribution is 2.09. The van der Waals surface area contributed by atoms with Gasteiger partial charge in [-0.2, -0.15) is 0 Å². The average molecular weight is 669 g/mol. The molecule has 0 saturated carbocycles. The monoisotopic (exact) mass is 669 g/mol. The summed E-state index contributed by atoms with van der Waals surface area (Å²) >= 11 is 0. The van der Waals surface area contributed by atoms with E-state index in [0.717, 1.165) is 104 Å². The minimum Gasteiger partial charge on any atom is -0.380 e. The van der Waals surface area contributed by atoms with Gasteiger partial charge in [-0.15, -0.1) is 0 Å². The van der Waals surface area contributed by atoms with Gasteiger partial charge in [0, 0.05) is 33.0 Å². The molecule has 0 aliphatic carbocycles. The van der Waals surface area contributed by atoms with Gasteiger partial charge in [0.25, 0.3) is 0 Å². The first-order valence-electron chi connectivity index (χ1n) is 17.6. The highest BCUT2D eigenvalue weighted by atomic mass is 16.5. The molecule has 0 spiro atoms. The quantitative estimate of drug-likeness (QED) is 0.0445. The molecule has 0 aliphatic rings. The smallest absolute Gasteiger partial charge is 0.0887 e. The molecule has 0 radical (unpaired) electrons. The molecule has 0 amide bonds. The van der Waals surface area contributed by atoms with Crippen LogP contribution < -0.4 is 42.5 Å². The molecular formula is C33H80N8O5. The molecule has 0 heterocycles. The maximum absolute atomic E-state index is 5.86. The van der Waals surface area contributed by atoms with Crippen molar-refractivity contribution in [3.05, 3.63) is 0 Å². The molecule has 0 unspecified atom stereocenters. The van der Waals surface area contributed by atoms with Crippen LogP contribution in [0.4, 0.5) is 0 Å². The fourth-order valence-corrected chi connectivity index (χ4v) is 3.82. The van der Waals surface area contributed by atoms with Crippen LogP contribution in [-0.2, 0) is 23.7 Å². The van der Waals surface area contributed by atoms with E-state index in [1.807, 2.05) is 56.4 Å². The molecule has 0 fully saturated rings. The number of rotatable bonds is 34. The van der Waals surface area contributed by atoms with Gasteiger partial charge < -0.3 is 66.2 Å². The van der Waals surface area contributed by atoms with Crippen LogP contribution in [0.15, 0.2) is 0 Å². The topological polar surface area (TPSA) is 142 Å². The van der Waals surface area contributed by atoms with Crippen molar-refractivity contribution in [1.29, 1.82) is 0 Å². The zero-order chi connectivity index (χ0) is 34.8. The van der Waals surface area contributed by atoms with Gasteiger partial charge in [0.05, 0.1) is 44.6 Å². The van der Waals surface area contributed by atoms with Crippen LogP contribution >= 0.6 is 0 Å². The number of nitrogens with one attached hydrogen (secondary N) is 8. The minimum absolute atomic E-state index is 0.291. The SMILES string of the molecule is CCCNC.CNCCCOCC(COCCCNC)(COCCCNC)NC.CNCCCOCC(COCCCNC)NC. The summed E-state index contributed by atoms with van der Waals surface area (Å²) in [5, 5.41) is 25.2. The zero-order valence-electron chi connectivity index (χ0n) is 31.7. The van der Waals surface area contributed by atoms with Gasteiger partial charge in [0.15, 0.2) is 0 Å². The van der Waals surface area contributed by atoms with Crippen molar-refractivity contribution in [2.75, 3.05) is 162 Å². The van der Waals surface area contributed by atoms with Gasteiger partial charge in [-0.05, 0) is 134 Å². The third kappa shape index (κ3) is 39.7. The number of ether oxygens (including phenoxy) is 5. The lowest BCUT2D eigenvalue weighted by Crippen LogP contribution is -2.55. The van der Waals surface area contributed by atoms with Crippen molar-refractivity contribution < 1.29 is 23.7 Å². The lowest BCUT2D eigenvalue weighted by Gasteiger charge is -2.33. The molecule has 282 valence electrons. The summed E-state index contributed by atoms with van der Waals surface area (Å²) in [6.07, 6.45) is 6.34. The zero-order valence-corrected chi connectivity index (χ0v) is 31.7. The Morgan fingerprint density at radius 2 is 0.739 bits per heavy atom. The summed E-state index contributed by atoms with van der Waals surface area (Å²) < 4.78 is 28.7. The van der Waals surface area contributed by atoms with E-state index in [2.05, 4.69) is 49.5 Å². The van der Waals surface area contributed by atoms with E-state index < -0.39 is 0 Å². The Hall–Kier alpha value is -0.520. The molecule has 0 bridgehead atoms. The van der Waals surface area contributed by atoms with Crippen LogP contribution in [0.3, 0.4) is 0 Å². The Morgan fingerprint density at radius 3 is 0.957 bits per heavy atom. The van der Waals surface area contributed by atoms with Crippen LogP contribution in [0.5, 0.6) is 0 Å². The summed E-state index contributed by atoms with van der Waals surface area (Å²) in [5.41, 5.74) is -0.293. The molecule has 0 aromatic heterocycles. The molecular weight excluding hydrogens is 588 g/mol. The van der Waals surface area contributed by atoms with Gasteiger partial charge in [0.1, 0.15) is 0 Å². The fraction of sp³-hybridized carbons (Fsp3) is 1.00. The molecule has 13 nitrogen and oxygen atoms in total. The molecule has 0 aliphatic heterocycles. The molecule has 0 aromatic rings. The van der Waals surface area contributed by atoms with Crippen LogP contribution in [0, 0.1) is 0 Å². The number of likely N-dealkylation sites (N-methyl/N-ethyl adjacent to an activating group) is 2. The van der Waals surface area contributed by atoms with Gasteiger partial charge in [-0.25, -0.2) is 0 Å². The van der Waals surface area contributed by atoms with E-state index in [1.54, 1.807) is 0 Å². The third-order valence-corrected chi connectivity index (χ3v) is 6.79. The molecule has 8 N–H and O–H groups in total. The van der Waals surface area contributed by atoms with Crippen LogP contribution in [0.2, 0.25) is 0 Å². The molecule has 46 heavy (non-hydrogen) atoms. The largest absolute Gasteiger partial charge is 0.380 e. The van der Waals surface area contributed by atoms with Crippen molar-refractivity contribution in [2.24, 2.45) is 0 Å². The second-order valence-electron chi connectivity index (χ2n) is 11.2. The van der Waals surface area contributed by atoms with Gasteiger partial charge >= 0.3 is 0 Å². The van der Waals surface area contributed by atoms with Crippen LogP contribution in [-0.4, -0.2) is 173 Å². The van der Waals surface area contributed by atoms with E-state index in [0.29, 0.717) is 39.1 Å². The van der Waals surface area contributed by atoms with Crippen molar-refractivity contribution in [1.82, 2.24) is 42.5 Å². The molecule has 0 aromatic carbocycles. The fourth-order valence-electron chi connectivity index (χ4n) is 3.82. The molecule has 0 saturated heterocycles. The van der Waals surface area contributed by atoms with E-state index in [-0.39, 0.29) is 5.54 Å². The first-order chi connectivity index (χ1) is 22.5. The second-order valence-corrected chi connectivity index (χ2v) is 11.2. The highest BCUT2D eigenvalue weighted by molar-refractivity contribution is 4.87. The summed E-state index contributed by atoms with van der Waals surface area (Å²) in [6.45, 7) is 15.2. The summed E-state index contributed by atoms with van der Waals surface area (Å²) in [7, 11) is 15.6. The molecule has 13 heteroatoms. The van der Waals surface area contributed by atoms with E-state index in [9.17, 15) is 0 Å². The van der Waals surface area contributed by atoms with Crippen molar-refractivity contribution >= 4 is 0 Å². The first kappa shape index (κ1) is 49.9. The summed E-state index contributed by atoms with van der Waals surface area (Å²) in [5.74, 6) is 0. The number of hydrogen-bond donors (Lipinski definition) is 8. The Balaban J connectivity index is -0.000000729. The lowest BCUT2D eigenvalue weighted by molar-refractivity contribution is -0.0375. The summed E-state index contributed by atoms with van der Waals surface area (Å²) in [4.78, 5) is 0. The van der Waals surface area contributed by atoms with E-state index in [1.165, 1.54) is 6.42 Å². The lowest BCUT2D eigenvalue weighted by atomic mass is 10.0. The maximum Gasteiger partial charge on any atom is 0.0887 e. The minimum atomic E-state index is -0.293. The van der Waals surface area contributed by atoms with Crippen LogP contribution in [0.25, 0.3) is 0 Å². The standard InChI is InChI=1S/C17H40N4O3.C12H29N3O2.C4H11N/c1-18-8-5-11-22-14-17(21-4,15-23-12-6-9-19-2)16-24-13-7-10-20-3;1-13-6-4-8-16-10-12(15-3)11-17-9-5-7-14-2;1-3-4-5-2/h18-21H,5-16H2,1-4H3;12-15H,4-11H2,1-3H3;5H,3-4H2,1-2H3. The molecule has 0 atom stereocenters. The van der Waals surface area contributed by atoms with Crippen LogP contribution in [0.1, 0.15) is 45.4 Å². The third-order valence-electron chi connectivity index (χ3n) is 6.79. The normalized spacial score (nSPS) is 11.3. The first-order valence-corrected chi connectivity index (χ1v) is 17.6. The predicted molar refractivity (Wildman–Crippen MR) is 196 cm³/mol. The average Bonchev–Trinajstić information content (AvgIpc) is 3.07. The Morgan fingerprint density at radius 1 is 0.435 bits per heavy atom. The highest BCUT2D eigenvalue weighted by Gasteiger charge is 2.29. The van der Waals surface area contributed by atoms with Crippen molar-refractivity contribution in [2.45, 2.75) is 57.0 Å². The predicted octanol–water partition coefficient (Wildman–Crippen LogP) is 0.265.